The Hall–Kier alpha value is -0.670. The van der Waals surface area contributed by atoms with Gasteiger partial charge in [-0.3, -0.25) is 0 Å². The van der Waals surface area contributed by atoms with Crippen LogP contribution in [0, 0.1) is 6.92 Å². The molecule has 0 amide bonds. The van der Waals surface area contributed by atoms with Crippen molar-refractivity contribution >= 4 is 11.6 Å². The standard InChI is InChI=1S/C6H8ClN3/c1-4-9-3-5(7)6(2-8)10-4/h3H,2,8H2,1H3. The van der Waals surface area contributed by atoms with Gasteiger partial charge in [0.25, 0.3) is 0 Å². The molecule has 2 N–H and O–H groups in total. The Bertz CT molecular complexity index is 236. The molecule has 1 heterocycles. The zero-order chi connectivity index (χ0) is 7.56. The predicted octanol–water partition coefficient (Wildman–Crippen LogP) is 0.897. The average molecular weight is 158 g/mol. The van der Waals surface area contributed by atoms with E-state index in [0.29, 0.717) is 23.1 Å². The van der Waals surface area contributed by atoms with Gasteiger partial charge in [-0.15, -0.1) is 0 Å². The topological polar surface area (TPSA) is 51.8 Å². The fraction of sp³-hybridized carbons (Fsp3) is 0.333. The fourth-order valence-electron chi connectivity index (χ4n) is 0.645. The third-order valence-corrected chi connectivity index (χ3v) is 1.45. The molecule has 4 heteroatoms. The van der Waals surface area contributed by atoms with Gasteiger partial charge in [-0.2, -0.15) is 0 Å². The molecule has 0 aromatic carbocycles. The first kappa shape index (κ1) is 7.44. The lowest BCUT2D eigenvalue weighted by Crippen LogP contribution is -2.02. The molecule has 0 fully saturated rings. The van der Waals surface area contributed by atoms with Crippen LogP contribution in [0.15, 0.2) is 6.20 Å². The summed E-state index contributed by atoms with van der Waals surface area (Å²) in [5, 5.41) is 0.535. The maximum Gasteiger partial charge on any atom is 0.125 e. The maximum atomic E-state index is 5.69. The Morgan fingerprint density at radius 2 is 2.40 bits per heavy atom. The van der Waals surface area contributed by atoms with Gasteiger partial charge in [0.1, 0.15) is 5.82 Å². The van der Waals surface area contributed by atoms with Crippen molar-refractivity contribution in [3.05, 3.63) is 22.7 Å². The maximum absolute atomic E-state index is 5.69. The van der Waals surface area contributed by atoms with Crippen LogP contribution in [0.3, 0.4) is 0 Å². The lowest BCUT2D eigenvalue weighted by molar-refractivity contribution is 0.926. The van der Waals surface area contributed by atoms with Crippen LogP contribution in [-0.4, -0.2) is 9.97 Å². The molecule has 3 nitrogen and oxygen atoms in total. The molecule has 1 aromatic rings. The second kappa shape index (κ2) is 2.94. The number of aromatic nitrogens is 2. The van der Waals surface area contributed by atoms with Crippen LogP contribution >= 0.6 is 11.6 Å². The molecule has 10 heavy (non-hydrogen) atoms. The number of nitrogens with zero attached hydrogens (tertiary/aromatic N) is 2. The zero-order valence-corrected chi connectivity index (χ0v) is 6.39. The molecule has 54 valence electrons. The van der Waals surface area contributed by atoms with Crippen LogP contribution in [0.25, 0.3) is 0 Å². The Kier molecular flexibility index (Phi) is 2.19. The Morgan fingerprint density at radius 1 is 1.70 bits per heavy atom. The molecular weight excluding hydrogens is 150 g/mol. The quantitative estimate of drug-likeness (QED) is 0.659. The number of halogens is 1. The summed E-state index contributed by atoms with van der Waals surface area (Å²) in [7, 11) is 0. The van der Waals surface area contributed by atoms with Crippen LogP contribution in [0.2, 0.25) is 5.02 Å². The molecule has 0 atom stereocenters. The highest BCUT2D eigenvalue weighted by Gasteiger charge is 1.98. The monoisotopic (exact) mass is 157 g/mol. The van der Waals surface area contributed by atoms with Crippen molar-refractivity contribution in [2.75, 3.05) is 0 Å². The minimum absolute atomic E-state index is 0.363. The summed E-state index contributed by atoms with van der Waals surface area (Å²) in [5.41, 5.74) is 6.05. The van der Waals surface area contributed by atoms with E-state index >= 15 is 0 Å². The molecule has 0 aliphatic rings. The lowest BCUT2D eigenvalue weighted by atomic mass is 10.4. The minimum Gasteiger partial charge on any atom is -0.325 e. The third kappa shape index (κ3) is 1.43. The third-order valence-electron chi connectivity index (χ3n) is 1.13. The summed E-state index contributed by atoms with van der Waals surface area (Å²) in [6.07, 6.45) is 1.56. The molecule has 0 saturated carbocycles. The van der Waals surface area contributed by atoms with Crippen molar-refractivity contribution in [2.24, 2.45) is 5.73 Å². The highest BCUT2D eigenvalue weighted by Crippen LogP contribution is 2.10. The van der Waals surface area contributed by atoms with Crippen molar-refractivity contribution in [3.8, 4) is 0 Å². The first-order valence-electron chi connectivity index (χ1n) is 2.92. The van der Waals surface area contributed by atoms with E-state index in [1.54, 1.807) is 13.1 Å². The Labute approximate surface area is 64.2 Å². The van der Waals surface area contributed by atoms with E-state index in [2.05, 4.69) is 9.97 Å². The van der Waals surface area contributed by atoms with Crippen molar-refractivity contribution in [1.29, 1.82) is 0 Å². The molecule has 0 radical (unpaired) electrons. The summed E-state index contributed by atoms with van der Waals surface area (Å²) >= 11 is 5.69. The van der Waals surface area contributed by atoms with E-state index < -0.39 is 0 Å². The van der Waals surface area contributed by atoms with E-state index in [1.165, 1.54) is 0 Å². The van der Waals surface area contributed by atoms with E-state index in [9.17, 15) is 0 Å². The lowest BCUT2D eigenvalue weighted by Gasteiger charge is -1.98. The van der Waals surface area contributed by atoms with Crippen LogP contribution < -0.4 is 5.73 Å². The molecule has 0 aliphatic heterocycles. The minimum atomic E-state index is 0.363. The summed E-state index contributed by atoms with van der Waals surface area (Å²) in [6, 6.07) is 0. The number of aryl methyl sites for hydroxylation is 1. The van der Waals surface area contributed by atoms with E-state index in [-0.39, 0.29) is 0 Å². The molecule has 1 aromatic heterocycles. The molecule has 0 saturated heterocycles. The van der Waals surface area contributed by atoms with Gasteiger partial charge in [-0.25, -0.2) is 9.97 Å². The van der Waals surface area contributed by atoms with Crippen LogP contribution in [0.4, 0.5) is 0 Å². The van der Waals surface area contributed by atoms with Gasteiger partial charge < -0.3 is 5.73 Å². The SMILES string of the molecule is Cc1ncc(Cl)c(CN)n1. The normalized spacial score (nSPS) is 9.90. The van der Waals surface area contributed by atoms with Gasteiger partial charge in [0, 0.05) is 12.7 Å². The van der Waals surface area contributed by atoms with Crippen LogP contribution in [0.1, 0.15) is 11.5 Å². The Morgan fingerprint density at radius 3 is 2.90 bits per heavy atom. The highest BCUT2D eigenvalue weighted by molar-refractivity contribution is 6.31. The second-order valence-electron chi connectivity index (χ2n) is 1.92. The molecular formula is C6H8ClN3. The first-order valence-corrected chi connectivity index (χ1v) is 3.30. The van der Waals surface area contributed by atoms with Crippen molar-refractivity contribution < 1.29 is 0 Å². The molecule has 0 bridgehead atoms. The summed E-state index contributed by atoms with van der Waals surface area (Å²) in [4.78, 5) is 7.91. The number of nitrogens with two attached hydrogens (primary N) is 1. The largest absolute Gasteiger partial charge is 0.325 e. The van der Waals surface area contributed by atoms with Gasteiger partial charge in [-0.05, 0) is 6.92 Å². The van der Waals surface area contributed by atoms with Crippen molar-refractivity contribution in [1.82, 2.24) is 9.97 Å². The van der Waals surface area contributed by atoms with Gasteiger partial charge in [-0.1, -0.05) is 11.6 Å². The smallest absolute Gasteiger partial charge is 0.125 e. The summed E-state index contributed by atoms with van der Waals surface area (Å²) in [6.45, 7) is 2.16. The highest BCUT2D eigenvalue weighted by atomic mass is 35.5. The van der Waals surface area contributed by atoms with Gasteiger partial charge >= 0.3 is 0 Å². The van der Waals surface area contributed by atoms with Crippen LogP contribution in [-0.2, 0) is 6.54 Å². The van der Waals surface area contributed by atoms with Crippen molar-refractivity contribution in [3.63, 3.8) is 0 Å². The number of hydrogen-bond donors (Lipinski definition) is 1. The van der Waals surface area contributed by atoms with Gasteiger partial charge in [0.05, 0.1) is 10.7 Å². The van der Waals surface area contributed by atoms with Gasteiger partial charge in [0.2, 0.25) is 0 Å². The Balaban J connectivity index is 3.09. The number of hydrogen-bond acceptors (Lipinski definition) is 3. The molecule has 0 unspecified atom stereocenters. The zero-order valence-electron chi connectivity index (χ0n) is 5.63. The molecule has 0 aliphatic carbocycles. The predicted molar refractivity (Wildman–Crippen MR) is 39.7 cm³/mol. The van der Waals surface area contributed by atoms with E-state index in [0.717, 1.165) is 0 Å². The van der Waals surface area contributed by atoms with E-state index in [1.807, 2.05) is 0 Å². The van der Waals surface area contributed by atoms with Crippen molar-refractivity contribution in [2.45, 2.75) is 13.5 Å². The second-order valence-corrected chi connectivity index (χ2v) is 2.32. The first-order chi connectivity index (χ1) is 4.74. The molecule has 1 rings (SSSR count). The number of rotatable bonds is 1. The van der Waals surface area contributed by atoms with E-state index in [4.69, 9.17) is 17.3 Å². The van der Waals surface area contributed by atoms with Crippen LogP contribution in [0.5, 0.6) is 0 Å². The fourth-order valence-corrected chi connectivity index (χ4v) is 0.814. The van der Waals surface area contributed by atoms with Gasteiger partial charge in [0.15, 0.2) is 0 Å². The molecule has 0 spiro atoms. The summed E-state index contributed by atoms with van der Waals surface area (Å²) in [5.74, 6) is 0.699. The average Bonchev–Trinajstić information content (AvgIpc) is 1.94. The summed E-state index contributed by atoms with van der Waals surface area (Å²) < 4.78 is 0.